The van der Waals surface area contributed by atoms with Gasteiger partial charge in [0.2, 0.25) is 0 Å². The van der Waals surface area contributed by atoms with Gasteiger partial charge in [0.25, 0.3) is 0 Å². The van der Waals surface area contributed by atoms with Gasteiger partial charge in [-0.05, 0) is 25.0 Å². The summed E-state index contributed by atoms with van der Waals surface area (Å²) in [5, 5.41) is 0. The summed E-state index contributed by atoms with van der Waals surface area (Å²) in [6.45, 7) is 4.57. The molecule has 0 spiro atoms. The minimum absolute atomic E-state index is 0.244. The molecule has 1 aromatic carbocycles. The first-order valence-corrected chi connectivity index (χ1v) is 4.13. The molecule has 0 heterocycles. The Balaban J connectivity index is 2.75. The summed E-state index contributed by atoms with van der Waals surface area (Å²) in [7, 11) is 0. The SMILES string of the molecule is CCCOc1cc(F)ccc1C. The molecular formula is C10H13FO. The zero-order valence-corrected chi connectivity index (χ0v) is 7.43. The molecule has 0 saturated carbocycles. The molecule has 0 radical (unpaired) electrons. The zero-order chi connectivity index (χ0) is 8.97. The van der Waals surface area contributed by atoms with Crippen molar-refractivity contribution in [2.75, 3.05) is 6.61 Å². The van der Waals surface area contributed by atoms with E-state index in [1.807, 2.05) is 13.8 Å². The van der Waals surface area contributed by atoms with Crippen molar-refractivity contribution in [2.45, 2.75) is 20.3 Å². The lowest BCUT2D eigenvalue weighted by Crippen LogP contribution is -1.97. The van der Waals surface area contributed by atoms with E-state index in [-0.39, 0.29) is 5.82 Å². The second-order valence-corrected chi connectivity index (χ2v) is 2.76. The maximum Gasteiger partial charge on any atom is 0.126 e. The van der Waals surface area contributed by atoms with E-state index in [0.717, 1.165) is 12.0 Å². The van der Waals surface area contributed by atoms with Crippen molar-refractivity contribution < 1.29 is 9.13 Å². The van der Waals surface area contributed by atoms with Crippen LogP contribution in [0.2, 0.25) is 0 Å². The Kier molecular flexibility index (Phi) is 3.09. The van der Waals surface area contributed by atoms with Crippen molar-refractivity contribution in [3.63, 3.8) is 0 Å². The van der Waals surface area contributed by atoms with Crippen LogP contribution in [0, 0.1) is 12.7 Å². The van der Waals surface area contributed by atoms with Crippen LogP contribution in [0.1, 0.15) is 18.9 Å². The Hall–Kier alpha value is -1.05. The van der Waals surface area contributed by atoms with E-state index in [2.05, 4.69) is 0 Å². The standard InChI is InChI=1S/C10H13FO/c1-3-6-12-10-7-9(11)5-4-8(10)2/h4-5,7H,3,6H2,1-2H3. The van der Waals surface area contributed by atoms with Gasteiger partial charge in [-0.3, -0.25) is 0 Å². The minimum atomic E-state index is -0.244. The second kappa shape index (κ2) is 4.10. The highest BCUT2D eigenvalue weighted by Gasteiger charge is 1.99. The Bertz CT molecular complexity index is 258. The van der Waals surface area contributed by atoms with Gasteiger partial charge in [0.15, 0.2) is 0 Å². The first kappa shape index (κ1) is 9.04. The van der Waals surface area contributed by atoms with Crippen LogP contribution >= 0.6 is 0 Å². The van der Waals surface area contributed by atoms with E-state index >= 15 is 0 Å². The van der Waals surface area contributed by atoms with E-state index in [4.69, 9.17) is 4.74 Å². The van der Waals surface area contributed by atoms with Gasteiger partial charge >= 0.3 is 0 Å². The summed E-state index contributed by atoms with van der Waals surface area (Å²) in [5.74, 6) is 0.406. The molecule has 0 aliphatic rings. The van der Waals surface area contributed by atoms with Crippen LogP contribution in [-0.2, 0) is 0 Å². The molecule has 0 atom stereocenters. The lowest BCUT2D eigenvalue weighted by atomic mass is 10.2. The third kappa shape index (κ3) is 2.22. The highest BCUT2D eigenvalue weighted by molar-refractivity contribution is 5.32. The molecule has 1 nitrogen and oxygen atoms in total. The van der Waals surface area contributed by atoms with Crippen LogP contribution in [0.4, 0.5) is 4.39 Å². The quantitative estimate of drug-likeness (QED) is 0.674. The second-order valence-electron chi connectivity index (χ2n) is 2.76. The summed E-state index contributed by atoms with van der Waals surface area (Å²) in [6.07, 6.45) is 0.940. The van der Waals surface area contributed by atoms with Gasteiger partial charge in [-0.1, -0.05) is 13.0 Å². The van der Waals surface area contributed by atoms with Crippen LogP contribution in [0.25, 0.3) is 0 Å². The molecular weight excluding hydrogens is 155 g/mol. The predicted octanol–water partition coefficient (Wildman–Crippen LogP) is 2.92. The number of ether oxygens (including phenoxy) is 1. The third-order valence-electron chi connectivity index (χ3n) is 1.61. The highest BCUT2D eigenvalue weighted by atomic mass is 19.1. The van der Waals surface area contributed by atoms with Gasteiger partial charge in [0.1, 0.15) is 11.6 Å². The highest BCUT2D eigenvalue weighted by Crippen LogP contribution is 2.18. The fraction of sp³-hybridized carbons (Fsp3) is 0.400. The van der Waals surface area contributed by atoms with Crippen molar-refractivity contribution in [3.8, 4) is 5.75 Å². The van der Waals surface area contributed by atoms with Crippen molar-refractivity contribution in [1.82, 2.24) is 0 Å². The van der Waals surface area contributed by atoms with Crippen molar-refractivity contribution >= 4 is 0 Å². The van der Waals surface area contributed by atoms with Gasteiger partial charge < -0.3 is 4.74 Å². The van der Waals surface area contributed by atoms with E-state index < -0.39 is 0 Å². The van der Waals surface area contributed by atoms with Crippen LogP contribution in [0.15, 0.2) is 18.2 Å². The van der Waals surface area contributed by atoms with Crippen molar-refractivity contribution in [1.29, 1.82) is 0 Å². The maximum absolute atomic E-state index is 12.7. The molecule has 0 N–H and O–H groups in total. The summed E-state index contributed by atoms with van der Waals surface area (Å²) in [4.78, 5) is 0. The third-order valence-corrected chi connectivity index (χ3v) is 1.61. The number of hydrogen-bond acceptors (Lipinski definition) is 1. The van der Waals surface area contributed by atoms with E-state index in [1.54, 1.807) is 6.07 Å². The lowest BCUT2D eigenvalue weighted by Gasteiger charge is -2.06. The summed E-state index contributed by atoms with van der Waals surface area (Å²) in [5.41, 5.74) is 0.977. The Labute approximate surface area is 72.2 Å². The van der Waals surface area contributed by atoms with Gasteiger partial charge in [-0.25, -0.2) is 4.39 Å². The first-order chi connectivity index (χ1) is 5.74. The molecule has 0 amide bonds. The molecule has 2 heteroatoms. The van der Waals surface area contributed by atoms with Gasteiger partial charge in [0.05, 0.1) is 6.61 Å². The molecule has 0 unspecified atom stereocenters. The molecule has 0 aliphatic carbocycles. The Morgan fingerprint density at radius 2 is 2.17 bits per heavy atom. The van der Waals surface area contributed by atoms with Crippen LogP contribution in [0.3, 0.4) is 0 Å². The summed E-state index contributed by atoms with van der Waals surface area (Å²) >= 11 is 0. The fourth-order valence-electron chi connectivity index (χ4n) is 0.941. The van der Waals surface area contributed by atoms with Gasteiger partial charge in [-0.2, -0.15) is 0 Å². The monoisotopic (exact) mass is 168 g/mol. The van der Waals surface area contributed by atoms with Gasteiger partial charge in [0, 0.05) is 6.07 Å². The number of rotatable bonds is 3. The van der Waals surface area contributed by atoms with E-state index in [0.29, 0.717) is 12.4 Å². The zero-order valence-electron chi connectivity index (χ0n) is 7.43. The molecule has 66 valence electrons. The molecule has 1 aromatic rings. The molecule has 0 saturated heterocycles. The molecule has 12 heavy (non-hydrogen) atoms. The van der Waals surface area contributed by atoms with Crippen LogP contribution in [0.5, 0.6) is 5.75 Å². The molecule has 0 aliphatic heterocycles. The van der Waals surface area contributed by atoms with Crippen molar-refractivity contribution in [3.05, 3.63) is 29.6 Å². The van der Waals surface area contributed by atoms with E-state index in [1.165, 1.54) is 12.1 Å². The van der Waals surface area contributed by atoms with Gasteiger partial charge in [-0.15, -0.1) is 0 Å². The normalized spacial score (nSPS) is 9.92. The Morgan fingerprint density at radius 3 is 2.83 bits per heavy atom. The topological polar surface area (TPSA) is 9.23 Å². The summed E-state index contributed by atoms with van der Waals surface area (Å²) < 4.78 is 18.0. The first-order valence-electron chi connectivity index (χ1n) is 4.13. The van der Waals surface area contributed by atoms with Crippen LogP contribution < -0.4 is 4.74 Å². The fourth-order valence-corrected chi connectivity index (χ4v) is 0.941. The number of aryl methyl sites for hydroxylation is 1. The average molecular weight is 168 g/mol. The molecule has 0 aromatic heterocycles. The van der Waals surface area contributed by atoms with Crippen molar-refractivity contribution in [2.24, 2.45) is 0 Å². The molecule has 0 fully saturated rings. The average Bonchev–Trinajstić information content (AvgIpc) is 2.07. The number of benzene rings is 1. The molecule has 1 rings (SSSR count). The predicted molar refractivity (Wildman–Crippen MR) is 46.9 cm³/mol. The number of halogens is 1. The maximum atomic E-state index is 12.7. The Morgan fingerprint density at radius 1 is 1.42 bits per heavy atom. The van der Waals surface area contributed by atoms with E-state index in [9.17, 15) is 4.39 Å². The lowest BCUT2D eigenvalue weighted by molar-refractivity contribution is 0.313. The van der Waals surface area contributed by atoms with Crippen LogP contribution in [-0.4, -0.2) is 6.61 Å². The number of hydrogen-bond donors (Lipinski definition) is 0. The minimum Gasteiger partial charge on any atom is -0.493 e. The largest absolute Gasteiger partial charge is 0.493 e. The summed E-state index contributed by atoms with van der Waals surface area (Å²) in [6, 6.07) is 4.58. The molecule has 0 bridgehead atoms. The smallest absolute Gasteiger partial charge is 0.126 e.